The smallest absolute Gasteiger partial charge is 0.0558 e. The number of nitrogens with one attached hydrogen (secondary N) is 1. The van der Waals surface area contributed by atoms with Crippen LogP contribution >= 0.6 is 11.8 Å². The fourth-order valence-corrected chi connectivity index (χ4v) is 2.82. The van der Waals surface area contributed by atoms with Crippen molar-refractivity contribution in [1.29, 1.82) is 0 Å². The maximum atomic E-state index is 3.57. The first kappa shape index (κ1) is 9.40. The first-order valence-corrected chi connectivity index (χ1v) is 5.74. The van der Waals surface area contributed by atoms with Crippen LogP contribution in [0.3, 0.4) is 0 Å². The summed E-state index contributed by atoms with van der Waals surface area (Å²) >= 11 is 2.10. The molecule has 0 aromatic heterocycles. The third-order valence-corrected chi connectivity index (χ3v) is 3.74. The molecule has 1 nitrogen and oxygen atoms in total. The van der Waals surface area contributed by atoms with Crippen LogP contribution in [0.2, 0.25) is 0 Å². The van der Waals surface area contributed by atoms with Gasteiger partial charge < -0.3 is 5.32 Å². The lowest BCUT2D eigenvalue weighted by atomic mass is 10.1. The van der Waals surface area contributed by atoms with E-state index in [2.05, 4.69) is 30.9 Å². The van der Waals surface area contributed by atoms with E-state index in [9.17, 15) is 0 Å². The van der Waals surface area contributed by atoms with Gasteiger partial charge in [0.1, 0.15) is 0 Å². The van der Waals surface area contributed by atoms with Crippen LogP contribution in [0.25, 0.3) is 0 Å². The molecule has 1 fully saturated rings. The molecule has 0 aliphatic carbocycles. The van der Waals surface area contributed by atoms with Crippen LogP contribution in [-0.4, -0.2) is 17.7 Å². The molecule has 1 heterocycles. The molecule has 1 rings (SSSR count). The van der Waals surface area contributed by atoms with E-state index >= 15 is 0 Å². The van der Waals surface area contributed by atoms with Gasteiger partial charge in [-0.1, -0.05) is 20.3 Å². The molecule has 11 heavy (non-hydrogen) atoms. The maximum absolute atomic E-state index is 3.57. The second kappa shape index (κ2) is 5.04. The lowest BCUT2D eigenvalue weighted by Crippen LogP contribution is -2.36. The summed E-state index contributed by atoms with van der Waals surface area (Å²) < 4.78 is 0. The van der Waals surface area contributed by atoms with Crippen molar-refractivity contribution in [2.75, 3.05) is 12.3 Å². The fourth-order valence-electron chi connectivity index (χ4n) is 1.56. The Bertz CT molecular complexity index is 99.7. The Morgan fingerprint density at radius 2 is 2.45 bits per heavy atom. The number of hydrogen-bond acceptors (Lipinski definition) is 2. The molecule has 1 N–H and O–H groups in total. The predicted molar refractivity (Wildman–Crippen MR) is 52.9 cm³/mol. The van der Waals surface area contributed by atoms with Crippen LogP contribution in [-0.2, 0) is 0 Å². The summed E-state index contributed by atoms with van der Waals surface area (Å²) in [5.74, 6) is 2.21. The highest BCUT2D eigenvalue weighted by molar-refractivity contribution is 7.99. The predicted octanol–water partition coefficient (Wildman–Crippen LogP) is 2.48. The Hall–Kier alpha value is 0.310. The van der Waals surface area contributed by atoms with Crippen molar-refractivity contribution >= 4 is 11.8 Å². The minimum Gasteiger partial charge on any atom is -0.305 e. The Labute approximate surface area is 74.3 Å². The highest BCUT2D eigenvalue weighted by atomic mass is 32.2. The SMILES string of the molecule is CCC[C@@H](C)[C@@H]1NCCCS1. The van der Waals surface area contributed by atoms with Gasteiger partial charge >= 0.3 is 0 Å². The molecule has 1 aliphatic rings. The average molecular weight is 173 g/mol. The summed E-state index contributed by atoms with van der Waals surface area (Å²) in [6, 6.07) is 0. The van der Waals surface area contributed by atoms with Crippen molar-refractivity contribution in [2.45, 2.75) is 38.5 Å². The van der Waals surface area contributed by atoms with E-state index in [4.69, 9.17) is 0 Å². The quantitative estimate of drug-likeness (QED) is 0.703. The molecule has 0 amide bonds. The van der Waals surface area contributed by atoms with E-state index in [-0.39, 0.29) is 0 Å². The zero-order valence-electron chi connectivity index (χ0n) is 7.60. The van der Waals surface area contributed by atoms with E-state index in [1.807, 2.05) is 0 Å². The fraction of sp³-hybridized carbons (Fsp3) is 1.00. The van der Waals surface area contributed by atoms with Crippen LogP contribution in [0.1, 0.15) is 33.1 Å². The van der Waals surface area contributed by atoms with Crippen molar-refractivity contribution in [1.82, 2.24) is 5.32 Å². The largest absolute Gasteiger partial charge is 0.305 e. The van der Waals surface area contributed by atoms with Crippen molar-refractivity contribution in [3.05, 3.63) is 0 Å². The molecule has 0 saturated carbocycles. The summed E-state index contributed by atoms with van der Waals surface area (Å²) in [6.45, 7) is 5.86. The summed E-state index contributed by atoms with van der Waals surface area (Å²) in [4.78, 5) is 0. The summed E-state index contributed by atoms with van der Waals surface area (Å²) in [5.41, 5.74) is 0. The van der Waals surface area contributed by atoms with E-state index in [1.54, 1.807) is 0 Å². The first-order chi connectivity index (χ1) is 5.34. The van der Waals surface area contributed by atoms with Gasteiger partial charge in [-0.15, -0.1) is 11.8 Å². The Kier molecular flexibility index (Phi) is 4.31. The Morgan fingerprint density at radius 3 is 3.00 bits per heavy atom. The molecule has 0 spiro atoms. The maximum Gasteiger partial charge on any atom is 0.0558 e. The van der Waals surface area contributed by atoms with Gasteiger partial charge in [0.25, 0.3) is 0 Å². The monoisotopic (exact) mass is 173 g/mol. The second-order valence-electron chi connectivity index (χ2n) is 3.37. The minimum absolute atomic E-state index is 0.740. The normalized spacial score (nSPS) is 28.4. The number of hydrogen-bond donors (Lipinski definition) is 1. The molecule has 0 unspecified atom stereocenters. The molecule has 1 aliphatic heterocycles. The van der Waals surface area contributed by atoms with E-state index < -0.39 is 0 Å². The molecule has 0 radical (unpaired) electrons. The van der Waals surface area contributed by atoms with Crippen molar-refractivity contribution < 1.29 is 0 Å². The number of rotatable bonds is 3. The van der Waals surface area contributed by atoms with Gasteiger partial charge in [-0.25, -0.2) is 0 Å². The van der Waals surface area contributed by atoms with E-state index in [0.29, 0.717) is 0 Å². The van der Waals surface area contributed by atoms with Gasteiger partial charge in [-0.3, -0.25) is 0 Å². The van der Waals surface area contributed by atoms with Gasteiger partial charge in [0.2, 0.25) is 0 Å². The summed E-state index contributed by atoms with van der Waals surface area (Å²) in [7, 11) is 0. The molecule has 0 aromatic rings. The summed E-state index contributed by atoms with van der Waals surface area (Å²) in [6.07, 6.45) is 4.03. The zero-order valence-corrected chi connectivity index (χ0v) is 8.41. The molecule has 2 atom stereocenters. The van der Waals surface area contributed by atoms with E-state index in [1.165, 1.54) is 31.6 Å². The lowest BCUT2D eigenvalue weighted by Gasteiger charge is -2.28. The highest BCUT2D eigenvalue weighted by Gasteiger charge is 2.18. The molecule has 66 valence electrons. The van der Waals surface area contributed by atoms with Crippen molar-refractivity contribution in [2.24, 2.45) is 5.92 Å². The molecular weight excluding hydrogens is 154 g/mol. The average Bonchev–Trinajstić information content (AvgIpc) is 2.07. The lowest BCUT2D eigenvalue weighted by molar-refractivity contribution is 0.438. The van der Waals surface area contributed by atoms with Gasteiger partial charge in [-0.2, -0.15) is 0 Å². The highest BCUT2D eigenvalue weighted by Crippen LogP contribution is 2.24. The third-order valence-electron chi connectivity index (χ3n) is 2.22. The van der Waals surface area contributed by atoms with Gasteiger partial charge in [0, 0.05) is 0 Å². The topological polar surface area (TPSA) is 12.0 Å². The first-order valence-electron chi connectivity index (χ1n) is 4.69. The molecule has 2 heteroatoms. The standard InChI is InChI=1S/C9H19NS/c1-3-5-8(2)9-10-6-4-7-11-9/h8-10H,3-7H2,1-2H3/t8-,9-/m1/s1. The Balaban J connectivity index is 2.21. The minimum atomic E-state index is 0.740. The van der Waals surface area contributed by atoms with Gasteiger partial charge in [0.05, 0.1) is 5.37 Å². The Morgan fingerprint density at radius 1 is 1.64 bits per heavy atom. The van der Waals surface area contributed by atoms with Gasteiger partial charge in [0.15, 0.2) is 0 Å². The van der Waals surface area contributed by atoms with Crippen LogP contribution in [0.4, 0.5) is 0 Å². The van der Waals surface area contributed by atoms with Crippen molar-refractivity contribution in [3.8, 4) is 0 Å². The number of thioether (sulfide) groups is 1. The van der Waals surface area contributed by atoms with E-state index in [0.717, 1.165) is 11.3 Å². The van der Waals surface area contributed by atoms with Crippen LogP contribution in [0, 0.1) is 5.92 Å². The zero-order chi connectivity index (χ0) is 8.10. The molecule has 1 saturated heterocycles. The third kappa shape index (κ3) is 3.04. The molecule has 0 aromatic carbocycles. The van der Waals surface area contributed by atoms with Crippen LogP contribution < -0.4 is 5.32 Å². The molecule has 0 bridgehead atoms. The summed E-state index contributed by atoms with van der Waals surface area (Å²) in [5, 5.41) is 4.31. The second-order valence-corrected chi connectivity index (χ2v) is 4.61. The van der Waals surface area contributed by atoms with Gasteiger partial charge in [-0.05, 0) is 31.1 Å². The molecular formula is C9H19NS. The van der Waals surface area contributed by atoms with Crippen LogP contribution in [0.15, 0.2) is 0 Å². The van der Waals surface area contributed by atoms with Crippen LogP contribution in [0.5, 0.6) is 0 Å². The van der Waals surface area contributed by atoms with Crippen molar-refractivity contribution in [3.63, 3.8) is 0 Å².